The van der Waals surface area contributed by atoms with E-state index in [1.165, 1.54) is 0 Å². The van der Waals surface area contributed by atoms with Crippen molar-refractivity contribution in [3.63, 3.8) is 0 Å². The molecule has 2 aromatic rings. The first-order chi connectivity index (χ1) is 10.7. The van der Waals surface area contributed by atoms with Crippen LogP contribution in [0.3, 0.4) is 0 Å². The average Bonchev–Trinajstić information content (AvgIpc) is 2.88. The van der Waals surface area contributed by atoms with Crippen molar-refractivity contribution in [2.75, 3.05) is 0 Å². The summed E-state index contributed by atoms with van der Waals surface area (Å²) in [5.41, 5.74) is 1.63. The Hall–Kier alpha value is -1.97. The highest BCUT2D eigenvalue weighted by Crippen LogP contribution is 2.22. The molecule has 1 heterocycles. The quantitative estimate of drug-likeness (QED) is 0.923. The van der Waals surface area contributed by atoms with Crippen molar-refractivity contribution in [3.05, 3.63) is 34.6 Å². The maximum Gasteiger partial charge on any atom is 0.203 e. The molecule has 1 fully saturated rings. The van der Waals surface area contributed by atoms with E-state index in [9.17, 15) is 5.11 Å². The van der Waals surface area contributed by atoms with Crippen LogP contribution >= 0.6 is 11.3 Å². The molecule has 114 valence electrons. The topological polar surface area (TPSA) is 74.2 Å². The molecule has 2 atom stereocenters. The summed E-state index contributed by atoms with van der Waals surface area (Å²) in [6.07, 6.45) is 3.46. The Morgan fingerprint density at radius 1 is 1.36 bits per heavy atom. The molecule has 1 aliphatic rings. The van der Waals surface area contributed by atoms with Gasteiger partial charge in [-0.15, -0.1) is 0 Å². The lowest BCUT2D eigenvalue weighted by Gasteiger charge is -2.22. The molecule has 0 spiro atoms. The van der Waals surface area contributed by atoms with Gasteiger partial charge in [-0.1, -0.05) is 23.5 Å². The molecule has 5 nitrogen and oxygen atoms in total. The van der Waals surface area contributed by atoms with Crippen molar-refractivity contribution in [1.29, 1.82) is 5.26 Å². The van der Waals surface area contributed by atoms with Crippen molar-refractivity contribution in [2.24, 2.45) is 12.0 Å². The van der Waals surface area contributed by atoms with Crippen LogP contribution in [-0.2, 0) is 7.05 Å². The van der Waals surface area contributed by atoms with E-state index in [0.29, 0.717) is 5.56 Å². The fourth-order valence-corrected chi connectivity index (χ4v) is 3.64. The average molecular weight is 314 g/mol. The third-order valence-corrected chi connectivity index (χ3v) is 4.94. The van der Waals surface area contributed by atoms with Crippen LogP contribution in [0.15, 0.2) is 29.3 Å². The molecule has 3 rings (SSSR count). The van der Waals surface area contributed by atoms with Crippen molar-refractivity contribution in [2.45, 2.75) is 37.8 Å². The molecule has 0 saturated heterocycles. The predicted molar refractivity (Wildman–Crippen MR) is 85.1 cm³/mol. The Labute approximate surface area is 133 Å². The maximum absolute atomic E-state index is 9.75. The van der Waals surface area contributed by atoms with Crippen LogP contribution in [0.5, 0.6) is 0 Å². The van der Waals surface area contributed by atoms with E-state index in [4.69, 9.17) is 10.3 Å². The van der Waals surface area contributed by atoms with Crippen molar-refractivity contribution >= 4 is 11.3 Å². The molecule has 0 radical (unpaired) electrons. The second-order valence-corrected chi connectivity index (χ2v) is 6.56. The van der Waals surface area contributed by atoms with Gasteiger partial charge >= 0.3 is 0 Å². The minimum atomic E-state index is -0.223. The Balaban J connectivity index is 1.88. The molecular formula is C16H18N4OS. The first kappa shape index (κ1) is 14.9. The Kier molecular flexibility index (Phi) is 4.36. The lowest BCUT2D eigenvalue weighted by atomic mass is 9.94. The van der Waals surface area contributed by atoms with E-state index in [1.807, 2.05) is 19.2 Å². The zero-order chi connectivity index (χ0) is 15.5. The molecule has 1 saturated carbocycles. The van der Waals surface area contributed by atoms with Gasteiger partial charge in [0, 0.05) is 12.6 Å². The summed E-state index contributed by atoms with van der Waals surface area (Å²) in [6, 6.07) is 9.71. The molecule has 1 aliphatic carbocycles. The van der Waals surface area contributed by atoms with Gasteiger partial charge in [-0.3, -0.25) is 4.99 Å². The number of aliphatic hydroxyl groups is 1. The van der Waals surface area contributed by atoms with Gasteiger partial charge in [0.2, 0.25) is 4.80 Å². The van der Waals surface area contributed by atoms with Crippen LogP contribution in [-0.4, -0.2) is 27.0 Å². The number of rotatable bonds is 2. The van der Waals surface area contributed by atoms with Gasteiger partial charge in [0.05, 0.1) is 23.8 Å². The molecule has 0 bridgehead atoms. The van der Waals surface area contributed by atoms with Crippen LogP contribution in [0.4, 0.5) is 0 Å². The molecule has 1 aromatic heterocycles. The monoisotopic (exact) mass is 314 g/mol. The van der Waals surface area contributed by atoms with E-state index in [-0.39, 0.29) is 12.1 Å². The van der Waals surface area contributed by atoms with Crippen LogP contribution in [0.25, 0.3) is 10.6 Å². The largest absolute Gasteiger partial charge is 0.393 e. The second-order valence-electron chi connectivity index (χ2n) is 5.61. The summed E-state index contributed by atoms with van der Waals surface area (Å²) in [4.78, 5) is 5.63. The second kappa shape index (κ2) is 6.42. The summed E-state index contributed by atoms with van der Waals surface area (Å²) in [5, 5.41) is 24.0. The van der Waals surface area contributed by atoms with Gasteiger partial charge in [-0.05, 0) is 37.8 Å². The van der Waals surface area contributed by atoms with Crippen molar-refractivity contribution in [1.82, 2.24) is 9.78 Å². The number of hydrogen-bond donors (Lipinski definition) is 1. The molecule has 0 aliphatic heterocycles. The summed E-state index contributed by atoms with van der Waals surface area (Å²) >= 11 is 1.54. The number of aryl methyl sites for hydroxylation is 1. The molecule has 6 heteroatoms. The summed E-state index contributed by atoms with van der Waals surface area (Å²) < 4.78 is 1.79. The zero-order valence-corrected chi connectivity index (χ0v) is 13.3. The molecule has 22 heavy (non-hydrogen) atoms. The van der Waals surface area contributed by atoms with Gasteiger partial charge < -0.3 is 5.11 Å². The lowest BCUT2D eigenvalue weighted by molar-refractivity contribution is 0.120. The number of aromatic nitrogens is 2. The van der Waals surface area contributed by atoms with Crippen molar-refractivity contribution in [3.8, 4) is 16.6 Å². The standard InChI is InChI=1S/C16H18N4OS/c1-20-16(18-13-3-2-4-14(21)9-13)22-15(19-20)12-7-5-11(10-17)6-8-12/h5-8,13-14,21H,2-4,9H2,1H3. The predicted octanol–water partition coefficient (Wildman–Crippen LogP) is 2.22. The Morgan fingerprint density at radius 3 is 2.82 bits per heavy atom. The van der Waals surface area contributed by atoms with Crippen LogP contribution in [0, 0.1) is 11.3 Å². The third-order valence-electron chi connectivity index (χ3n) is 3.88. The highest BCUT2D eigenvalue weighted by atomic mass is 32.1. The first-order valence-electron chi connectivity index (χ1n) is 7.42. The number of nitrogens with zero attached hydrogens (tertiary/aromatic N) is 4. The number of nitriles is 1. The van der Waals surface area contributed by atoms with Gasteiger partial charge in [0.15, 0.2) is 0 Å². The van der Waals surface area contributed by atoms with Gasteiger partial charge in [0.25, 0.3) is 0 Å². The van der Waals surface area contributed by atoms with E-state index in [0.717, 1.165) is 41.1 Å². The minimum Gasteiger partial charge on any atom is -0.393 e. The van der Waals surface area contributed by atoms with Crippen molar-refractivity contribution < 1.29 is 5.11 Å². The SMILES string of the molecule is Cn1nc(-c2ccc(C#N)cc2)sc1=NC1CCCC(O)C1. The number of hydrogen-bond acceptors (Lipinski definition) is 5. The smallest absolute Gasteiger partial charge is 0.203 e. The van der Waals surface area contributed by atoms with Crippen LogP contribution in [0.2, 0.25) is 0 Å². The maximum atomic E-state index is 9.75. The minimum absolute atomic E-state index is 0.184. The molecule has 1 aromatic carbocycles. The van der Waals surface area contributed by atoms with E-state index in [2.05, 4.69) is 11.2 Å². The summed E-state index contributed by atoms with van der Waals surface area (Å²) in [5.74, 6) is 0. The molecule has 1 N–H and O–H groups in total. The van der Waals surface area contributed by atoms with Crippen LogP contribution < -0.4 is 4.80 Å². The van der Waals surface area contributed by atoms with E-state index >= 15 is 0 Å². The highest BCUT2D eigenvalue weighted by molar-refractivity contribution is 7.12. The zero-order valence-electron chi connectivity index (χ0n) is 12.4. The Morgan fingerprint density at radius 2 is 2.14 bits per heavy atom. The normalized spacial score (nSPS) is 22.5. The molecule has 2 unspecified atom stereocenters. The fraction of sp³-hybridized carbons (Fsp3) is 0.438. The summed E-state index contributed by atoms with van der Waals surface area (Å²) in [7, 11) is 1.89. The molecule has 0 amide bonds. The number of benzene rings is 1. The fourth-order valence-electron chi connectivity index (χ4n) is 2.68. The lowest BCUT2D eigenvalue weighted by Crippen LogP contribution is -2.25. The van der Waals surface area contributed by atoms with Gasteiger partial charge in [0.1, 0.15) is 5.01 Å². The van der Waals surface area contributed by atoms with E-state index in [1.54, 1.807) is 28.2 Å². The van der Waals surface area contributed by atoms with E-state index < -0.39 is 0 Å². The van der Waals surface area contributed by atoms with Gasteiger partial charge in [-0.2, -0.15) is 10.4 Å². The number of aliphatic hydroxyl groups excluding tert-OH is 1. The van der Waals surface area contributed by atoms with Crippen LogP contribution in [0.1, 0.15) is 31.2 Å². The van der Waals surface area contributed by atoms with Gasteiger partial charge in [-0.25, -0.2) is 4.68 Å². The molecular weight excluding hydrogens is 296 g/mol. The summed E-state index contributed by atoms with van der Waals surface area (Å²) in [6.45, 7) is 0. The highest BCUT2D eigenvalue weighted by Gasteiger charge is 2.19. The first-order valence-corrected chi connectivity index (χ1v) is 8.24. The third kappa shape index (κ3) is 3.26. The Bertz CT molecular complexity index is 754.